The molecule has 0 aliphatic rings. The maximum Gasteiger partial charge on any atom is 0.281 e. The molecule has 0 fully saturated rings. The quantitative estimate of drug-likeness (QED) is 0.228. The van der Waals surface area contributed by atoms with Gasteiger partial charge in [0.2, 0.25) is 0 Å². The van der Waals surface area contributed by atoms with E-state index in [0.717, 1.165) is 0 Å². The van der Waals surface area contributed by atoms with Crippen molar-refractivity contribution in [2.24, 2.45) is 0 Å². The maximum absolute atomic E-state index is 7.50. The van der Waals surface area contributed by atoms with Crippen molar-refractivity contribution in [3.63, 3.8) is 0 Å². The summed E-state index contributed by atoms with van der Waals surface area (Å²) in [6.45, 7) is 9.00. The van der Waals surface area contributed by atoms with E-state index in [-0.39, 0.29) is 16.5 Å². The summed E-state index contributed by atoms with van der Waals surface area (Å²) >= 11 is 0. The van der Waals surface area contributed by atoms with Crippen LogP contribution >= 0.6 is 15.8 Å². The molecule has 2 nitrogen and oxygen atoms in total. The molecule has 5 rings (SSSR count). The molecular formula is C32H24NiO2P2. The van der Waals surface area contributed by atoms with Crippen LogP contribution in [0.1, 0.15) is 0 Å². The van der Waals surface area contributed by atoms with Gasteiger partial charge in [0.15, 0.2) is 0 Å². The van der Waals surface area contributed by atoms with Gasteiger partial charge in [-0.2, -0.15) is 0 Å². The van der Waals surface area contributed by atoms with Gasteiger partial charge >= 0.3 is 0 Å². The Kier molecular flexibility index (Phi) is 13.4. The minimum atomic E-state index is -0.664. The average Bonchev–Trinajstić information content (AvgIpc) is 2.99. The van der Waals surface area contributed by atoms with Crippen LogP contribution in [0.3, 0.4) is 0 Å². The first-order valence-electron chi connectivity index (χ1n) is 11.2. The molecule has 0 aliphatic heterocycles. The number of benzene rings is 5. The molecule has 5 aromatic carbocycles. The molecule has 0 N–H and O–H groups in total. The number of carbonyl (C=O) groups excluding carboxylic acids is 2. The van der Waals surface area contributed by atoms with Crippen molar-refractivity contribution in [3.05, 3.63) is 146 Å². The first-order valence-corrected chi connectivity index (χ1v) is 13.9. The van der Waals surface area contributed by atoms with E-state index in [4.69, 9.17) is 9.59 Å². The van der Waals surface area contributed by atoms with E-state index in [1.807, 2.05) is 0 Å². The Labute approximate surface area is 232 Å². The molecule has 5 heteroatoms. The largest absolute Gasteiger partial charge is 0.281 e. The Morgan fingerprint density at radius 1 is 0.324 bits per heavy atom. The molecule has 4 radical (unpaired) electrons. The second-order valence-electron chi connectivity index (χ2n) is 7.50. The van der Waals surface area contributed by atoms with E-state index in [9.17, 15) is 0 Å². The summed E-state index contributed by atoms with van der Waals surface area (Å²) in [5, 5.41) is 8.43. The third kappa shape index (κ3) is 7.64. The minimum Gasteiger partial charge on any atom is -0.281 e. The van der Waals surface area contributed by atoms with Crippen LogP contribution in [-0.2, 0) is 26.1 Å². The van der Waals surface area contributed by atoms with E-state index in [0.29, 0.717) is 0 Å². The molecule has 0 spiro atoms. The molecule has 0 saturated heterocycles. The summed E-state index contributed by atoms with van der Waals surface area (Å²) in [4.78, 5) is 15.0. The zero-order valence-electron chi connectivity index (χ0n) is 19.9. The van der Waals surface area contributed by atoms with Gasteiger partial charge in [0, 0.05) is 16.5 Å². The van der Waals surface area contributed by atoms with E-state index in [1.165, 1.54) is 31.8 Å². The van der Waals surface area contributed by atoms with Crippen molar-refractivity contribution in [1.82, 2.24) is 0 Å². The molecule has 0 aliphatic carbocycles. The topological polar surface area (TPSA) is 34.1 Å². The van der Waals surface area contributed by atoms with Crippen molar-refractivity contribution in [2.45, 2.75) is 0 Å². The second kappa shape index (κ2) is 16.5. The summed E-state index contributed by atoms with van der Waals surface area (Å²) in [6.07, 6.45) is 0. The second-order valence-corrected chi connectivity index (χ2v) is 11.9. The fourth-order valence-electron chi connectivity index (χ4n) is 4.01. The Balaban J connectivity index is 0.000000919. The molecule has 0 aromatic heterocycles. The predicted octanol–water partition coefficient (Wildman–Crippen LogP) is 4.41. The third-order valence-electron chi connectivity index (χ3n) is 5.42. The Morgan fingerprint density at radius 3 is 0.730 bits per heavy atom. The van der Waals surface area contributed by atoms with E-state index in [1.54, 1.807) is 0 Å². The van der Waals surface area contributed by atoms with Gasteiger partial charge in [-0.15, -0.1) is 0 Å². The minimum absolute atomic E-state index is 0. The summed E-state index contributed by atoms with van der Waals surface area (Å²) in [6, 6.07) is 53.0. The predicted molar refractivity (Wildman–Crippen MR) is 155 cm³/mol. The van der Waals surface area contributed by atoms with E-state index < -0.39 is 15.8 Å². The molecule has 5 aromatic rings. The molecule has 184 valence electrons. The Bertz CT molecular complexity index is 1120. The van der Waals surface area contributed by atoms with E-state index in [2.05, 4.69) is 159 Å². The van der Waals surface area contributed by atoms with Crippen molar-refractivity contribution in [2.75, 3.05) is 0 Å². The van der Waals surface area contributed by atoms with Crippen LogP contribution in [0.4, 0.5) is 0 Å². The van der Waals surface area contributed by atoms with Crippen molar-refractivity contribution in [3.8, 4) is 0 Å². The Hall–Kier alpha value is -3.21. The zero-order chi connectivity index (χ0) is 25.6. The van der Waals surface area contributed by atoms with Crippen molar-refractivity contribution >= 4 is 61.2 Å². The molecular weight excluding hydrogens is 537 g/mol. The number of hydrogen-bond acceptors (Lipinski definition) is 2. The van der Waals surface area contributed by atoms with Crippen LogP contribution in [0.25, 0.3) is 0 Å². The molecule has 0 amide bonds. The fraction of sp³-hybridized carbons (Fsp3) is 0. The van der Waals surface area contributed by atoms with Crippen LogP contribution in [0.2, 0.25) is 0 Å². The summed E-state index contributed by atoms with van der Waals surface area (Å²) < 4.78 is 0. The van der Waals surface area contributed by atoms with Gasteiger partial charge in [-0.25, -0.2) is 0 Å². The fourth-order valence-corrected chi connectivity index (χ4v) is 9.27. The third-order valence-corrected chi connectivity index (χ3v) is 10.6. The first kappa shape index (κ1) is 30.0. The summed E-state index contributed by atoms with van der Waals surface area (Å²) in [7, 11) is -1.33. The first-order chi connectivity index (χ1) is 17.9. The maximum atomic E-state index is 7.50. The Morgan fingerprint density at radius 2 is 0.514 bits per heavy atom. The summed E-state index contributed by atoms with van der Waals surface area (Å²) in [5.74, 6) is 0. The normalized spacial score (nSPS) is 9.78. The number of rotatable bonds is 6. The van der Waals surface area contributed by atoms with Crippen LogP contribution in [-0.4, -0.2) is 13.6 Å². The SMILES string of the molecule is [C]=O.[C]=O.[Ni].c1ccc(P(c2ccccc2)c2ccccc2P(c2ccccc2)c2ccccc2)cc1. The van der Waals surface area contributed by atoms with Crippen LogP contribution in [0, 0.1) is 0 Å². The molecule has 0 unspecified atom stereocenters. The van der Waals surface area contributed by atoms with Gasteiger partial charge in [0.25, 0.3) is 13.6 Å². The standard InChI is InChI=1S/C30H24P2.2CO.Ni/c1-5-15-25(16-6-1)31(26-17-7-2-8-18-26)29-23-13-14-24-30(29)32(27-19-9-3-10-20-27)28-21-11-4-12-22-28;2*1-2;/h1-24H;;;. The zero-order valence-corrected chi connectivity index (χ0v) is 22.7. The molecule has 37 heavy (non-hydrogen) atoms. The molecule has 0 saturated carbocycles. The number of hydrogen-bond donors (Lipinski definition) is 0. The van der Waals surface area contributed by atoms with Gasteiger partial charge in [0.05, 0.1) is 0 Å². The van der Waals surface area contributed by atoms with Crippen molar-refractivity contribution < 1.29 is 26.1 Å². The average molecular weight is 561 g/mol. The summed E-state index contributed by atoms with van der Waals surface area (Å²) in [5.41, 5.74) is 0. The molecule has 0 atom stereocenters. The van der Waals surface area contributed by atoms with Gasteiger partial charge in [-0.05, 0) is 47.7 Å². The van der Waals surface area contributed by atoms with Crippen LogP contribution in [0.5, 0.6) is 0 Å². The molecule has 0 heterocycles. The smallest absolute Gasteiger partial charge is 0.281 e. The molecule has 0 bridgehead atoms. The van der Waals surface area contributed by atoms with Crippen molar-refractivity contribution in [1.29, 1.82) is 0 Å². The van der Waals surface area contributed by atoms with Gasteiger partial charge < -0.3 is 0 Å². The van der Waals surface area contributed by atoms with E-state index >= 15 is 0 Å². The van der Waals surface area contributed by atoms with Crippen LogP contribution in [0.15, 0.2) is 146 Å². The van der Waals surface area contributed by atoms with Gasteiger partial charge in [-0.3, -0.25) is 9.59 Å². The van der Waals surface area contributed by atoms with Gasteiger partial charge in [0.1, 0.15) is 0 Å². The monoisotopic (exact) mass is 560 g/mol. The van der Waals surface area contributed by atoms with Crippen LogP contribution < -0.4 is 31.8 Å². The van der Waals surface area contributed by atoms with Gasteiger partial charge in [-0.1, -0.05) is 146 Å².